The van der Waals surface area contributed by atoms with Gasteiger partial charge in [-0.05, 0) is 0 Å². The summed E-state index contributed by atoms with van der Waals surface area (Å²) in [7, 11) is 1.50. The molecule has 0 aromatic heterocycles. The minimum Gasteiger partial charge on any atom is -0.267 e. The molecule has 56 valence electrons. The van der Waals surface area contributed by atoms with Crippen LogP contribution < -0.4 is 5.32 Å². The number of nitrogens with zero attached hydrogens (tertiary/aromatic N) is 1. The van der Waals surface area contributed by atoms with Crippen LogP contribution in [0.3, 0.4) is 0 Å². The zero-order valence-corrected chi connectivity index (χ0v) is 6.34. The quantitative estimate of drug-likeness (QED) is 0.438. The summed E-state index contributed by atoms with van der Waals surface area (Å²) in [4.78, 5) is 23.1. The van der Waals surface area contributed by atoms with Crippen molar-refractivity contribution < 1.29 is 14.9 Å². The lowest BCUT2D eigenvalue weighted by molar-refractivity contribution is -0.605. The predicted molar refractivity (Wildman–Crippen MR) is 34.2 cm³/mol. The van der Waals surface area contributed by atoms with Gasteiger partial charge < -0.3 is 0 Å². The lowest BCUT2D eigenvalue weighted by Gasteiger charge is -2.07. The van der Waals surface area contributed by atoms with Gasteiger partial charge in [-0.1, -0.05) is 0 Å². The lowest BCUT2D eigenvalue weighted by atomic mass is 10.1. The fourth-order valence-electron chi connectivity index (χ4n) is 1.000. The molecule has 0 aromatic rings. The van der Waals surface area contributed by atoms with Gasteiger partial charge in [0.1, 0.15) is 0 Å². The van der Waals surface area contributed by atoms with E-state index in [1.54, 1.807) is 13.8 Å². The number of primary amides is 1. The molecule has 0 aromatic carbocycles. The standard InChI is InChI=1S/C6H10N2O2/c1-6(2)4(9)8(3)5(10)7-6/h1-3H3,(H,7,10)/p+1. The molecule has 1 heterocycles. The lowest BCUT2D eigenvalue weighted by Crippen LogP contribution is -2.95. The van der Waals surface area contributed by atoms with Crippen LogP contribution in [0.15, 0.2) is 0 Å². The summed E-state index contributed by atoms with van der Waals surface area (Å²) < 4.78 is 0. The molecule has 0 atom stereocenters. The number of carbonyl (C=O) groups is 2. The Balaban J connectivity index is 2.92. The molecule has 4 nitrogen and oxygen atoms in total. The first kappa shape index (κ1) is 7.21. The molecule has 0 saturated carbocycles. The second kappa shape index (κ2) is 1.79. The Morgan fingerprint density at radius 3 is 2.00 bits per heavy atom. The van der Waals surface area contributed by atoms with E-state index >= 15 is 0 Å². The van der Waals surface area contributed by atoms with Crippen LogP contribution in [0.4, 0.5) is 4.79 Å². The number of nitrogens with two attached hydrogens (primary N) is 1. The van der Waals surface area contributed by atoms with Crippen LogP contribution in [0.5, 0.6) is 0 Å². The third-order valence-electron chi connectivity index (χ3n) is 1.67. The van der Waals surface area contributed by atoms with Gasteiger partial charge in [0, 0.05) is 20.9 Å². The molecule has 0 spiro atoms. The van der Waals surface area contributed by atoms with E-state index in [9.17, 15) is 9.59 Å². The van der Waals surface area contributed by atoms with E-state index in [4.69, 9.17) is 0 Å². The van der Waals surface area contributed by atoms with Gasteiger partial charge in [-0.25, -0.2) is 9.69 Å². The molecule has 0 unspecified atom stereocenters. The molecule has 0 aliphatic carbocycles. The van der Waals surface area contributed by atoms with Crippen molar-refractivity contribution in [1.82, 2.24) is 4.90 Å². The first-order valence-electron chi connectivity index (χ1n) is 3.13. The van der Waals surface area contributed by atoms with Gasteiger partial charge in [0.15, 0.2) is 5.54 Å². The molecule has 4 heteroatoms. The SMILES string of the molecule is CN1C(=O)[NH2+]C(C)(C)C1=O. The average Bonchev–Trinajstić information content (AvgIpc) is 1.95. The van der Waals surface area contributed by atoms with Gasteiger partial charge >= 0.3 is 6.03 Å². The van der Waals surface area contributed by atoms with Crippen LogP contribution in [0.25, 0.3) is 0 Å². The summed E-state index contributed by atoms with van der Waals surface area (Å²) in [6.07, 6.45) is 0. The van der Waals surface area contributed by atoms with Crippen LogP contribution in [0.1, 0.15) is 13.8 Å². The van der Waals surface area contributed by atoms with Crippen LogP contribution >= 0.6 is 0 Å². The van der Waals surface area contributed by atoms with Crippen molar-refractivity contribution in [3.63, 3.8) is 0 Å². The second-order valence-electron chi connectivity index (χ2n) is 3.07. The van der Waals surface area contributed by atoms with Crippen molar-refractivity contribution in [1.29, 1.82) is 0 Å². The summed E-state index contributed by atoms with van der Waals surface area (Å²) in [5.74, 6) is -0.127. The third kappa shape index (κ3) is 0.806. The summed E-state index contributed by atoms with van der Waals surface area (Å²) >= 11 is 0. The zero-order chi connectivity index (χ0) is 7.94. The van der Waals surface area contributed by atoms with Crippen molar-refractivity contribution >= 4 is 11.9 Å². The van der Waals surface area contributed by atoms with Crippen LogP contribution in [0, 0.1) is 0 Å². The number of imide groups is 1. The number of quaternary nitrogens is 1. The Morgan fingerprint density at radius 2 is 1.90 bits per heavy atom. The number of hydrogen-bond acceptors (Lipinski definition) is 2. The highest BCUT2D eigenvalue weighted by molar-refractivity contribution is 5.99. The molecular weight excluding hydrogens is 132 g/mol. The maximum Gasteiger partial charge on any atom is 0.423 e. The Labute approximate surface area is 59.2 Å². The van der Waals surface area contributed by atoms with Crippen molar-refractivity contribution in [3.05, 3.63) is 0 Å². The molecule has 3 amide bonds. The number of urea groups is 1. The Kier molecular flexibility index (Phi) is 1.29. The first-order valence-corrected chi connectivity index (χ1v) is 3.13. The number of amides is 3. The predicted octanol–water partition coefficient (Wildman–Crippen LogP) is -1.08. The van der Waals surface area contributed by atoms with Crippen LogP contribution in [-0.4, -0.2) is 29.4 Å². The van der Waals surface area contributed by atoms with Crippen molar-refractivity contribution in [3.8, 4) is 0 Å². The largest absolute Gasteiger partial charge is 0.423 e. The third-order valence-corrected chi connectivity index (χ3v) is 1.67. The van der Waals surface area contributed by atoms with Gasteiger partial charge in [0.05, 0.1) is 0 Å². The van der Waals surface area contributed by atoms with E-state index in [1.807, 2.05) is 0 Å². The van der Waals surface area contributed by atoms with Crippen LogP contribution in [0.2, 0.25) is 0 Å². The Bertz CT molecular complexity index is 198. The summed E-state index contributed by atoms with van der Waals surface area (Å²) in [6, 6.07) is -0.199. The summed E-state index contributed by atoms with van der Waals surface area (Å²) in [5, 5.41) is 1.44. The average molecular weight is 143 g/mol. The minimum absolute atomic E-state index is 0.127. The minimum atomic E-state index is -0.591. The molecule has 1 fully saturated rings. The summed E-state index contributed by atoms with van der Waals surface area (Å²) in [6.45, 7) is 3.47. The molecule has 2 N–H and O–H groups in total. The molecule has 0 radical (unpaired) electrons. The normalized spacial score (nSPS) is 24.1. The van der Waals surface area contributed by atoms with E-state index in [0.29, 0.717) is 0 Å². The fraction of sp³-hybridized carbons (Fsp3) is 0.667. The van der Waals surface area contributed by atoms with Crippen LogP contribution in [-0.2, 0) is 4.79 Å². The topological polar surface area (TPSA) is 54.0 Å². The zero-order valence-electron chi connectivity index (χ0n) is 6.34. The van der Waals surface area contributed by atoms with Crippen molar-refractivity contribution in [2.24, 2.45) is 0 Å². The Morgan fingerprint density at radius 1 is 1.40 bits per heavy atom. The number of likely N-dealkylation sites (N-methyl/N-ethyl adjacent to an activating group) is 1. The van der Waals surface area contributed by atoms with E-state index < -0.39 is 5.54 Å². The van der Waals surface area contributed by atoms with E-state index in [1.165, 1.54) is 12.4 Å². The number of hydrogen-bond donors (Lipinski definition) is 1. The smallest absolute Gasteiger partial charge is 0.267 e. The van der Waals surface area contributed by atoms with Gasteiger partial charge in [0.25, 0.3) is 5.91 Å². The van der Waals surface area contributed by atoms with Crippen molar-refractivity contribution in [2.75, 3.05) is 7.05 Å². The number of rotatable bonds is 0. The highest BCUT2D eigenvalue weighted by Gasteiger charge is 2.47. The highest BCUT2D eigenvalue weighted by Crippen LogP contribution is 2.05. The monoisotopic (exact) mass is 143 g/mol. The van der Waals surface area contributed by atoms with Crippen molar-refractivity contribution in [2.45, 2.75) is 19.4 Å². The molecule has 1 saturated heterocycles. The maximum absolute atomic E-state index is 11.1. The molecule has 1 aliphatic rings. The molecule has 0 bridgehead atoms. The van der Waals surface area contributed by atoms with Gasteiger partial charge in [-0.15, -0.1) is 0 Å². The van der Waals surface area contributed by atoms with E-state index in [2.05, 4.69) is 0 Å². The highest BCUT2D eigenvalue weighted by atomic mass is 16.2. The Hall–Kier alpha value is -0.900. The second-order valence-corrected chi connectivity index (χ2v) is 3.07. The molecule has 10 heavy (non-hydrogen) atoms. The fourth-order valence-corrected chi connectivity index (χ4v) is 1.000. The van der Waals surface area contributed by atoms with E-state index in [-0.39, 0.29) is 11.9 Å². The maximum atomic E-state index is 11.1. The summed E-state index contributed by atoms with van der Waals surface area (Å²) in [5.41, 5.74) is -0.591. The molecular formula is C6H11N2O2+. The van der Waals surface area contributed by atoms with Gasteiger partial charge in [-0.2, -0.15) is 0 Å². The number of carbonyl (C=O) groups excluding carboxylic acids is 2. The van der Waals surface area contributed by atoms with Gasteiger partial charge in [0.2, 0.25) is 0 Å². The van der Waals surface area contributed by atoms with E-state index in [0.717, 1.165) is 4.90 Å². The molecule has 1 aliphatic heterocycles. The molecule has 1 rings (SSSR count). The van der Waals surface area contributed by atoms with Gasteiger partial charge in [-0.3, -0.25) is 10.1 Å². The first-order chi connectivity index (χ1) is 4.45.